The van der Waals surface area contributed by atoms with Crippen LogP contribution in [-0.4, -0.2) is 286 Å². The summed E-state index contributed by atoms with van der Waals surface area (Å²) >= 11 is 13.0. The fourth-order valence-corrected chi connectivity index (χ4v) is 11.5. The van der Waals surface area contributed by atoms with Crippen LogP contribution in [0.3, 0.4) is 0 Å². The van der Waals surface area contributed by atoms with Crippen molar-refractivity contribution in [3.63, 3.8) is 0 Å². The molecule has 3 aliphatic heterocycles. The first-order valence-electron chi connectivity index (χ1n) is 29.5. The van der Waals surface area contributed by atoms with E-state index in [1.165, 1.54) is 4.90 Å². The van der Waals surface area contributed by atoms with Gasteiger partial charge in [0.15, 0.2) is 5.69 Å². The van der Waals surface area contributed by atoms with Crippen LogP contribution in [0, 0.1) is 0 Å². The quantitative estimate of drug-likeness (QED) is 0.0266. The Morgan fingerprint density at radius 3 is 1.78 bits per heavy atom. The van der Waals surface area contributed by atoms with Crippen molar-refractivity contribution in [3.8, 4) is 45.3 Å². The number of amides is 4. The molecule has 2 saturated heterocycles. The molecular weight excluding hydrogens is 1270 g/mol. The molecule has 4 aromatic rings. The van der Waals surface area contributed by atoms with E-state index in [9.17, 15) is 61.9 Å². The highest BCUT2D eigenvalue weighted by molar-refractivity contribution is 7.85. The number of hydrogen-bond acceptors (Lipinski definition) is 21. The van der Waals surface area contributed by atoms with E-state index in [1.54, 1.807) is 55.7 Å². The molecule has 1 atom stereocenters. The predicted octanol–water partition coefficient (Wildman–Crippen LogP) is 1.17. The minimum absolute atomic E-state index is 0.00173. The Morgan fingerprint density at radius 1 is 0.717 bits per heavy atom. The molecule has 4 amide bonds. The van der Waals surface area contributed by atoms with E-state index in [2.05, 4.69) is 16.0 Å². The van der Waals surface area contributed by atoms with Crippen molar-refractivity contribution < 1.29 is 95.0 Å². The molecular formula is C59H78Cl2N10O20S. The first-order valence-corrected chi connectivity index (χ1v) is 31.9. The van der Waals surface area contributed by atoms with Crippen molar-refractivity contribution in [2.45, 2.75) is 32.0 Å². The molecule has 4 heterocycles. The Kier molecular flexibility index (Phi) is 27.1. The Hall–Kier alpha value is -7.27. The van der Waals surface area contributed by atoms with Gasteiger partial charge < -0.3 is 69.3 Å². The van der Waals surface area contributed by atoms with Gasteiger partial charge in [0.1, 0.15) is 48.8 Å². The Morgan fingerprint density at radius 2 is 1.25 bits per heavy atom. The number of piperazine rings is 1. The van der Waals surface area contributed by atoms with Gasteiger partial charge in [0.25, 0.3) is 16.0 Å². The van der Waals surface area contributed by atoms with E-state index in [0.29, 0.717) is 55.4 Å². The lowest BCUT2D eigenvalue weighted by atomic mass is 9.95. The van der Waals surface area contributed by atoms with Crippen LogP contribution < -0.4 is 30.2 Å². The number of carbonyl (C=O) groups is 7. The second kappa shape index (κ2) is 34.6. The number of nitrogens with zero attached hydrogens (tertiary/aromatic N) is 7. The van der Waals surface area contributed by atoms with E-state index in [0.717, 1.165) is 5.56 Å². The van der Waals surface area contributed by atoms with Gasteiger partial charge in [0.2, 0.25) is 17.7 Å². The number of methoxy groups -OCH3 is 1. The Balaban J connectivity index is 0.811. The highest BCUT2D eigenvalue weighted by atomic mass is 35.5. The highest BCUT2D eigenvalue weighted by Gasteiger charge is 2.41. The fourth-order valence-electron chi connectivity index (χ4n) is 10.3. The number of rotatable bonds is 32. The van der Waals surface area contributed by atoms with Crippen molar-refractivity contribution >= 4 is 74.9 Å². The predicted molar refractivity (Wildman–Crippen MR) is 332 cm³/mol. The smallest absolute Gasteiger partial charge is 0.317 e. The molecule has 0 radical (unpaired) electrons. The summed E-state index contributed by atoms with van der Waals surface area (Å²) < 4.78 is 75.7. The molecule has 0 bridgehead atoms. The van der Waals surface area contributed by atoms with Crippen molar-refractivity contribution in [2.24, 2.45) is 0 Å². The van der Waals surface area contributed by atoms with Gasteiger partial charge in [-0.25, -0.2) is 4.68 Å². The number of benzene rings is 3. The van der Waals surface area contributed by atoms with E-state index >= 15 is 0 Å². The second-order valence-electron chi connectivity index (χ2n) is 22.3. The number of halogens is 2. The van der Waals surface area contributed by atoms with Crippen molar-refractivity contribution in [1.29, 1.82) is 0 Å². The molecule has 30 nitrogen and oxygen atoms in total. The number of fused-ring (bicyclic) bond motifs is 3. The number of carboxylic acid groups (broad SMARTS) is 3. The number of nitrogens with one attached hydrogen (secondary N) is 3. The molecule has 1 aromatic heterocycles. The topological polar surface area (TPSA) is 369 Å². The lowest BCUT2D eigenvalue weighted by Gasteiger charge is -2.41. The normalized spacial score (nSPS) is 16.4. The zero-order valence-corrected chi connectivity index (χ0v) is 53.6. The fraction of sp³-hybridized carbons (Fsp3) is 0.525. The first-order chi connectivity index (χ1) is 43.9. The lowest BCUT2D eigenvalue weighted by Crippen LogP contribution is -2.62. The molecule has 0 spiro atoms. The van der Waals surface area contributed by atoms with Crippen LogP contribution in [0.1, 0.15) is 29.9 Å². The third-order valence-corrected chi connectivity index (χ3v) is 16.1. The summed E-state index contributed by atoms with van der Waals surface area (Å²) in [4.78, 5) is 96.0. The third kappa shape index (κ3) is 22.2. The maximum Gasteiger partial charge on any atom is 0.317 e. The van der Waals surface area contributed by atoms with Crippen molar-refractivity contribution in [3.05, 3.63) is 75.9 Å². The van der Waals surface area contributed by atoms with Gasteiger partial charge in [-0.2, -0.15) is 13.5 Å². The summed E-state index contributed by atoms with van der Waals surface area (Å²) in [7, 11) is -3.22. The molecule has 7 N–H and O–H groups in total. The number of ether oxygens (including phenoxy) is 7. The molecule has 3 aromatic carbocycles. The van der Waals surface area contributed by atoms with Gasteiger partial charge in [0, 0.05) is 98.2 Å². The van der Waals surface area contributed by atoms with Gasteiger partial charge >= 0.3 is 17.9 Å². The average Bonchev–Trinajstić information content (AvgIpc) is 1.53. The number of aliphatic carboxylic acids is 3. The molecule has 0 unspecified atom stereocenters. The van der Waals surface area contributed by atoms with Crippen molar-refractivity contribution in [2.75, 3.05) is 170 Å². The van der Waals surface area contributed by atoms with E-state index in [-0.39, 0.29) is 169 Å². The van der Waals surface area contributed by atoms with Gasteiger partial charge in [-0.3, -0.25) is 57.7 Å². The van der Waals surface area contributed by atoms with Crippen LogP contribution in [0.2, 0.25) is 10.0 Å². The van der Waals surface area contributed by atoms with Crippen LogP contribution >= 0.6 is 23.2 Å². The lowest BCUT2D eigenvalue weighted by molar-refractivity contribution is -0.140. The maximum absolute atomic E-state index is 14.4. The SMILES string of the molecule is COc1cc2c(cc1-c1cccc(OCCOCCOCCOCCOCCNC(=O)[C@@H](CS(=O)(=O)O)NC(=O)CN3CCN(CC(=O)O)CCN(CC(=O)O)CCN(CC(=O)O)CC3)c1)-c1c(c(C(=O)N3CC(=O)NCC3(C)C)nn1-c1cc(Cl)cc(Cl)c1)CO2. The van der Waals surface area contributed by atoms with Gasteiger partial charge in [-0.05, 0) is 55.8 Å². The average molecular weight is 1350 g/mol. The van der Waals surface area contributed by atoms with Gasteiger partial charge in [-0.1, -0.05) is 35.3 Å². The number of aromatic nitrogens is 2. The van der Waals surface area contributed by atoms with E-state index in [1.807, 2.05) is 44.2 Å². The first kappa shape index (κ1) is 72.2. The largest absolute Gasteiger partial charge is 0.496 e. The molecule has 3 aliphatic rings. The summed E-state index contributed by atoms with van der Waals surface area (Å²) in [6, 6.07) is 14.4. The van der Waals surface area contributed by atoms with Crippen LogP contribution in [-0.2, 0) is 64.4 Å². The van der Waals surface area contributed by atoms with Crippen LogP contribution in [0.25, 0.3) is 28.1 Å². The van der Waals surface area contributed by atoms with Crippen molar-refractivity contribution in [1.82, 2.24) is 50.2 Å². The summed E-state index contributed by atoms with van der Waals surface area (Å²) in [5.41, 5.74) is 3.08. The van der Waals surface area contributed by atoms with Gasteiger partial charge in [-0.15, -0.1) is 0 Å². The summed E-state index contributed by atoms with van der Waals surface area (Å²) in [5.74, 6) is -5.39. The summed E-state index contributed by atoms with van der Waals surface area (Å²) in [5, 5.41) is 41.7. The maximum atomic E-state index is 14.4. The van der Waals surface area contributed by atoms with E-state index < -0.39 is 69.6 Å². The molecule has 2 fully saturated rings. The monoisotopic (exact) mass is 1350 g/mol. The molecule has 504 valence electrons. The molecule has 0 aliphatic carbocycles. The minimum Gasteiger partial charge on any atom is -0.496 e. The molecule has 0 saturated carbocycles. The highest BCUT2D eigenvalue weighted by Crippen LogP contribution is 2.47. The number of hydrogen-bond donors (Lipinski definition) is 7. The van der Waals surface area contributed by atoms with Crippen LogP contribution in [0.15, 0.2) is 54.6 Å². The summed E-state index contributed by atoms with van der Waals surface area (Å²) in [6.45, 7) is 5.12. The number of carbonyl (C=O) groups excluding carboxylic acids is 4. The zero-order valence-electron chi connectivity index (χ0n) is 51.3. The second-order valence-corrected chi connectivity index (χ2v) is 24.7. The van der Waals surface area contributed by atoms with Crippen LogP contribution in [0.4, 0.5) is 0 Å². The standard InChI is InChI=1S/C59H78Cl2N10O20S/c1-59(2)38-63-50(72)32-70(59)58(81)55-46-36-91-49-30-48(85-3)44(29-45(49)56(46)71(65-55)42-27-40(60)26-41(61)28-42)39-5-4-6-43(25-39)90-24-23-89-22-21-88-20-19-87-18-17-86-16-7-62-57(80)47(37-92(82,83)84)64-51(73)31-66-8-10-67(33-52(74)75)12-14-69(35-54(78)79)15-13-68(11-9-66)34-53(76)77/h4-6,25-30,47H,7-24,31-38H2,1-3H3,(H,62,80)(H,63,72)(H,64,73)(H,74,75)(H,76,77)(H,78,79)(H,82,83,84)/t47-/m1/s1. The summed E-state index contributed by atoms with van der Waals surface area (Å²) in [6.07, 6.45) is 0. The zero-order chi connectivity index (χ0) is 66.5. The third-order valence-electron chi connectivity index (χ3n) is 14.9. The minimum atomic E-state index is -4.77. The van der Waals surface area contributed by atoms with Gasteiger partial charge in [0.05, 0.1) is 103 Å². The number of carboxylic acids is 3. The molecule has 92 heavy (non-hydrogen) atoms. The molecule has 7 rings (SSSR count). The Labute approximate surface area is 541 Å². The molecule has 33 heteroatoms. The van der Waals surface area contributed by atoms with E-state index in [4.69, 9.17) is 61.5 Å². The van der Waals surface area contributed by atoms with Crippen LogP contribution in [0.5, 0.6) is 17.2 Å². The Bertz CT molecular complexity index is 3310.